The van der Waals surface area contributed by atoms with Crippen LogP contribution in [0, 0.1) is 0 Å². The van der Waals surface area contributed by atoms with Crippen LogP contribution in [0.15, 0.2) is 66.7 Å². The maximum Gasteiger partial charge on any atom is 0.262 e. The molecule has 0 fully saturated rings. The molecular formula is C28H32N2O4. The van der Waals surface area contributed by atoms with Crippen molar-refractivity contribution in [2.75, 3.05) is 24.4 Å². The highest BCUT2D eigenvalue weighted by molar-refractivity contribution is 6.05. The standard InChI is InChI=1S/C28H32N2O4/c1-18(2)24-7-6-8-25(19(3)4)27(24)30-28(32)20-9-13-23(14-10-20)34-17-26(31)29-21-11-15-22(33-5)16-12-21/h6-16,18-19H,17H2,1-5H3,(H,29,31)(H,30,32). The van der Waals surface area contributed by atoms with E-state index in [0.29, 0.717) is 22.7 Å². The summed E-state index contributed by atoms with van der Waals surface area (Å²) in [6.45, 7) is 8.33. The van der Waals surface area contributed by atoms with E-state index in [9.17, 15) is 9.59 Å². The highest BCUT2D eigenvalue weighted by Crippen LogP contribution is 2.32. The number of carbonyl (C=O) groups excluding carboxylic acids is 2. The quantitative estimate of drug-likeness (QED) is 0.398. The minimum atomic E-state index is -0.279. The number of hydrogen-bond donors (Lipinski definition) is 2. The summed E-state index contributed by atoms with van der Waals surface area (Å²) in [5.74, 6) is 1.33. The molecular weight excluding hydrogens is 428 g/mol. The number of carbonyl (C=O) groups is 2. The molecule has 0 aliphatic carbocycles. The van der Waals surface area contributed by atoms with E-state index in [-0.39, 0.29) is 30.3 Å². The van der Waals surface area contributed by atoms with Crippen molar-refractivity contribution in [2.45, 2.75) is 39.5 Å². The average Bonchev–Trinajstić information content (AvgIpc) is 2.83. The van der Waals surface area contributed by atoms with Crippen molar-refractivity contribution in [2.24, 2.45) is 0 Å². The molecule has 178 valence electrons. The molecule has 0 unspecified atom stereocenters. The van der Waals surface area contributed by atoms with Crippen LogP contribution in [0.25, 0.3) is 0 Å². The zero-order valence-corrected chi connectivity index (χ0v) is 20.3. The van der Waals surface area contributed by atoms with Gasteiger partial charge in [0.15, 0.2) is 6.61 Å². The number of hydrogen-bond acceptors (Lipinski definition) is 4. The van der Waals surface area contributed by atoms with Crippen molar-refractivity contribution in [1.29, 1.82) is 0 Å². The van der Waals surface area contributed by atoms with Gasteiger partial charge in [-0.3, -0.25) is 9.59 Å². The van der Waals surface area contributed by atoms with Gasteiger partial charge in [0.25, 0.3) is 11.8 Å². The third-order valence-electron chi connectivity index (χ3n) is 5.47. The first-order valence-electron chi connectivity index (χ1n) is 11.4. The molecule has 3 rings (SSSR count). The molecule has 0 atom stereocenters. The molecule has 0 radical (unpaired) electrons. The Morgan fingerprint density at radius 2 is 1.32 bits per heavy atom. The van der Waals surface area contributed by atoms with Gasteiger partial charge in [0, 0.05) is 16.9 Å². The van der Waals surface area contributed by atoms with Crippen molar-refractivity contribution < 1.29 is 19.1 Å². The molecule has 0 bridgehead atoms. The van der Waals surface area contributed by atoms with Crippen LogP contribution in [0.5, 0.6) is 11.5 Å². The molecule has 3 aromatic rings. The molecule has 0 aliphatic heterocycles. The van der Waals surface area contributed by atoms with Gasteiger partial charge in [-0.2, -0.15) is 0 Å². The van der Waals surface area contributed by atoms with Crippen LogP contribution >= 0.6 is 0 Å². The second-order valence-electron chi connectivity index (χ2n) is 8.66. The predicted molar refractivity (Wildman–Crippen MR) is 136 cm³/mol. The van der Waals surface area contributed by atoms with E-state index in [1.54, 1.807) is 55.6 Å². The van der Waals surface area contributed by atoms with Gasteiger partial charge in [-0.15, -0.1) is 0 Å². The highest BCUT2D eigenvalue weighted by Gasteiger charge is 2.17. The first-order chi connectivity index (χ1) is 16.3. The topological polar surface area (TPSA) is 76.7 Å². The number of benzene rings is 3. The maximum absolute atomic E-state index is 13.0. The summed E-state index contributed by atoms with van der Waals surface area (Å²) in [7, 11) is 1.59. The lowest BCUT2D eigenvalue weighted by Gasteiger charge is -2.20. The van der Waals surface area contributed by atoms with E-state index in [2.05, 4.69) is 50.5 Å². The Bertz CT molecular complexity index is 1090. The second kappa shape index (κ2) is 11.4. The summed E-state index contributed by atoms with van der Waals surface area (Å²) in [4.78, 5) is 25.1. The van der Waals surface area contributed by atoms with Crippen LogP contribution in [-0.4, -0.2) is 25.5 Å². The van der Waals surface area contributed by atoms with E-state index >= 15 is 0 Å². The van der Waals surface area contributed by atoms with Crippen molar-refractivity contribution in [1.82, 2.24) is 0 Å². The Kier molecular flexibility index (Phi) is 8.30. The van der Waals surface area contributed by atoms with E-state index in [0.717, 1.165) is 16.8 Å². The first kappa shape index (κ1) is 24.8. The van der Waals surface area contributed by atoms with Crippen LogP contribution in [0.3, 0.4) is 0 Å². The molecule has 0 aromatic heterocycles. The number of ether oxygens (including phenoxy) is 2. The van der Waals surface area contributed by atoms with Crippen LogP contribution in [0.2, 0.25) is 0 Å². The molecule has 0 aliphatic rings. The predicted octanol–water partition coefficient (Wildman–Crippen LogP) is 6.21. The number of methoxy groups -OCH3 is 1. The van der Waals surface area contributed by atoms with Crippen LogP contribution in [-0.2, 0) is 4.79 Å². The molecule has 0 heterocycles. The monoisotopic (exact) mass is 460 g/mol. The minimum Gasteiger partial charge on any atom is -0.497 e. The molecule has 34 heavy (non-hydrogen) atoms. The summed E-state index contributed by atoms with van der Waals surface area (Å²) >= 11 is 0. The SMILES string of the molecule is COc1ccc(NC(=O)COc2ccc(C(=O)Nc3c(C(C)C)cccc3C(C)C)cc2)cc1. The molecule has 2 N–H and O–H groups in total. The van der Waals surface area contributed by atoms with Gasteiger partial charge in [-0.05, 0) is 71.5 Å². The van der Waals surface area contributed by atoms with Crippen molar-refractivity contribution in [3.63, 3.8) is 0 Å². The highest BCUT2D eigenvalue weighted by atomic mass is 16.5. The van der Waals surface area contributed by atoms with E-state index in [4.69, 9.17) is 9.47 Å². The molecule has 0 saturated heterocycles. The number of para-hydroxylation sites is 1. The molecule has 0 spiro atoms. The van der Waals surface area contributed by atoms with Gasteiger partial charge in [-0.1, -0.05) is 45.9 Å². The van der Waals surface area contributed by atoms with Gasteiger partial charge in [0.1, 0.15) is 11.5 Å². The van der Waals surface area contributed by atoms with Gasteiger partial charge in [0.05, 0.1) is 7.11 Å². The molecule has 0 saturated carbocycles. The summed E-state index contributed by atoms with van der Waals surface area (Å²) in [5, 5.41) is 5.88. The second-order valence-corrected chi connectivity index (χ2v) is 8.66. The lowest BCUT2D eigenvalue weighted by Crippen LogP contribution is -2.20. The average molecular weight is 461 g/mol. The maximum atomic E-state index is 13.0. The fourth-order valence-corrected chi connectivity index (χ4v) is 3.60. The Morgan fingerprint density at radius 1 is 0.765 bits per heavy atom. The molecule has 3 aromatic carbocycles. The van der Waals surface area contributed by atoms with Crippen LogP contribution in [0.1, 0.15) is 61.0 Å². The van der Waals surface area contributed by atoms with Gasteiger partial charge >= 0.3 is 0 Å². The van der Waals surface area contributed by atoms with Crippen molar-refractivity contribution in [3.8, 4) is 11.5 Å². The van der Waals surface area contributed by atoms with Crippen molar-refractivity contribution >= 4 is 23.2 Å². The zero-order valence-electron chi connectivity index (χ0n) is 20.3. The molecule has 2 amide bonds. The third-order valence-corrected chi connectivity index (χ3v) is 5.47. The molecule has 6 heteroatoms. The van der Waals surface area contributed by atoms with E-state index in [1.165, 1.54) is 0 Å². The lowest BCUT2D eigenvalue weighted by atomic mass is 9.92. The fourth-order valence-electron chi connectivity index (χ4n) is 3.60. The van der Waals surface area contributed by atoms with Gasteiger partial charge in [0.2, 0.25) is 0 Å². The number of amides is 2. The Hall–Kier alpha value is -3.80. The normalized spacial score (nSPS) is 10.8. The largest absolute Gasteiger partial charge is 0.497 e. The number of rotatable bonds is 9. The minimum absolute atomic E-state index is 0.142. The molecule has 6 nitrogen and oxygen atoms in total. The summed E-state index contributed by atoms with van der Waals surface area (Å²) in [6, 6.07) is 20.0. The fraction of sp³-hybridized carbons (Fsp3) is 0.286. The smallest absolute Gasteiger partial charge is 0.262 e. The van der Waals surface area contributed by atoms with E-state index in [1.807, 2.05) is 6.07 Å². The summed E-state index contributed by atoms with van der Waals surface area (Å²) < 4.78 is 10.7. The van der Waals surface area contributed by atoms with Crippen LogP contribution in [0.4, 0.5) is 11.4 Å². The van der Waals surface area contributed by atoms with E-state index < -0.39 is 0 Å². The number of anilines is 2. The summed E-state index contributed by atoms with van der Waals surface area (Å²) in [6.07, 6.45) is 0. The Balaban J connectivity index is 1.61. The van der Waals surface area contributed by atoms with Crippen LogP contribution < -0.4 is 20.1 Å². The Morgan fingerprint density at radius 3 is 1.85 bits per heavy atom. The zero-order chi connectivity index (χ0) is 24.7. The van der Waals surface area contributed by atoms with Gasteiger partial charge in [-0.25, -0.2) is 0 Å². The van der Waals surface area contributed by atoms with Crippen molar-refractivity contribution in [3.05, 3.63) is 83.4 Å². The third kappa shape index (κ3) is 6.38. The number of nitrogens with one attached hydrogen (secondary N) is 2. The first-order valence-corrected chi connectivity index (χ1v) is 11.4. The lowest BCUT2D eigenvalue weighted by molar-refractivity contribution is -0.118. The Labute approximate surface area is 201 Å². The summed E-state index contributed by atoms with van der Waals surface area (Å²) in [5.41, 5.74) is 4.28. The van der Waals surface area contributed by atoms with Gasteiger partial charge < -0.3 is 20.1 Å².